The predicted octanol–water partition coefficient (Wildman–Crippen LogP) is 4.97. The maximum Gasteiger partial charge on any atom is 0.338 e. The lowest BCUT2D eigenvalue weighted by molar-refractivity contribution is 0.0526. The number of benzene rings is 2. The van der Waals surface area contributed by atoms with Crippen molar-refractivity contribution in [3.05, 3.63) is 58.6 Å². The molecule has 1 heterocycles. The molecular formula is C18H15ClNO4S2-. The lowest BCUT2D eigenvalue weighted by atomic mass is 10.2. The molecule has 1 aromatic heterocycles. The lowest BCUT2D eigenvalue weighted by Gasteiger charge is -2.25. The monoisotopic (exact) mass is 408 g/mol. The van der Waals surface area contributed by atoms with Gasteiger partial charge in [-0.2, -0.15) is 0 Å². The summed E-state index contributed by atoms with van der Waals surface area (Å²) in [5, 5.41) is 2.09. The van der Waals surface area contributed by atoms with Gasteiger partial charge >= 0.3 is 5.97 Å². The molecule has 0 aliphatic carbocycles. The van der Waals surface area contributed by atoms with E-state index in [-0.39, 0.29) is 6.61 Å². The minimum Gasteiger partial charge on any atom is -0.755 e. The third-order valence-electron chi connectivity index (χ3n) is 3.82. The Bertz CT molecular complexity index is 985. The van der Waals surface area contributed by atoms with Crippen LogP contribution in [-0.4, -0.2) is 21.3 Å². The summed E-state index contributed by atoms with van der Waals surface area (Å²) in [5.41, 5.74) is 1.63. The van der Waals surface area contributed by atoms with E-state index in [9.17, 15) is 13.6 Å². The molecule has 1 unspecified atom stereocenters. The molecule has 0 saturated carbocycles. The number of aryl methyl sites for hydroxylation is 1. The largest absolute Gasteiger partial charge is 0.755 e. The van der Waals surface area contributed by atoms with Gasteiger partial charge in [-0.3, -0.25) is 8.51 Å². The normalized spacial score (nSPS) is 12.2. The van der Waals surface area contributed by atoms with Crippen LogP contribution in [0.3, 0.4) is 0 Å². The van der Waals surface area contributed by atoms with E-state index in [2.05, 4.69) is 0 Å². The molecule has 3 rings (SSSR count). The molecule has 0 saturated heterocycles. The highest BCUT2D eigenvalue weighted by atomic mass is 35.5. The fraction of sp³-hybridized carbons (Fsp3) is 0.167. The molecule has 0 aliphatic rings. The number of hydrogen-bond acceptors (Lipinski definition) is 5. The van der Waals surface area contributed by atoms with Crippen molar-refractivity contribution in [2.75, 3.05) is 10.9 Å². The van der Waals surface area contributed by atoms with E-state index in [0.29, 0.717) is 21.3 Å². The second-order valence-corrected chi connectivity index (χ2v) is 7.72. The zero-order chi connectivity index (χ0) is 18.8. The molecule has 0 fully saturated rings. The molecule has 0 bridgehead atoms. The van der Waals surface area contributed by atoms with Crippen LogP contribution in [0.4, 0.5) is 10.7 Å². The average molecular weight is 409 g/mol. The molecule has 5 nitrogen and oxygen atoms in total. The minimum atomic E-state index is -2.52. The summed E-state index contributed by atoms with van der Waals surface area (Å²) in [6.45, 7) is 3.86. The van der Waals surface area contributed by atoms with Crippen molar-refractivity contribution >= 4 is 60.9 Å². The number of carbonyl (C=O) groups is 1. The number of nitrogens with zero attached hydrogens (tertiary/aromatic N) is 1. The third kappa shape index (κ3) is 3.61. The van der Waals surface area contributed by atoms with Gasteiger partial charge in [-0.15, -0.1) is 11.3 Å². The van der Waals surface area contributed by atoms with Crippen LogP contribution >= 0.6 is 22.9 Å². The molecule has 0 aliphatic heterocycles. The number of ether oxygens (including phenoxy) is 1. The Labute approximate surface area is 162 Å². The van der Waals surface area contributed by atoms with Gasteiger partial charge in [-0.25, -0.2) is 4.79 Å². The molecule has 1 atom stereocenters. The first-order valence-electron chi connectivity index (χ1n) is 7.77. The first-order valence-corrected chi connectivity index (χ1v) is 10.0. The molecule has 0 spiro atoms. The fourth-order valence-corrected chi connectivity index (χ4v) is 4.74. The summed E-state index contributed by atoms with van der Waals surface area (Å²) in [6, 6.07) is 11.7. The summed E-state index contributed by atoms with van der Waals surface area (Å²) in [6.07, 6.45) is 0. The van der Waals surface area contributed by atoms with Gasteiger partial charge in [0, 0.05) is 9.72 Å². The van der Waals surface area contributed by atoms with Crippen molar-refractivity contribution in [3.8, 4) is 0 Å². The number of esters is 1. The van der Waals surface area contributed by atoms with Gasteiger partial charge < -0.3 is 9.29 Å². The predicted molar refractivity (Wildman–Crippen MR) is 105 cm³/mol. The van der Waals surface area contributed by atoms with E-state index in [1.54, 1.807) is 37.3 Å². The van der Waals surface area contributed by atoms with E-state index in [0.717, 1.165) is 15.6 Å². The summed E-state index contributed by atoms with van der Waals surface area (Å²) < 4.78 is 31.0. The van der Waals surface area contributed by atoms with Gasteiger partial charge in [0.2, 0.25) is 0 Å². The lowest BCUT2D eigenvalue weighted by Crippen LogP contribution is -2.19. The van der Waals surface area contributed by atoms with Crippen molar-refractivity contribution in [2.45, 2.75) is 13.8 Å². The highest BCUT2D eigenvalue weighted by Crippen LogP contribution is 2.42. The van der Waals surface area contributed by atoms with Crippen molar-refractivity contribution < 1.29 is 18.3 Å². The van der Waals surface area contributed by atoms with Gasteiger partial charge in [0.1, 0.15) is 5.00 Å². The molecule has 0 radical (unpaired) electrons. The molecule has 8 heteroatoms. The molecule has 3 aromatic rings. The quantitative estimate of drug-likeness (QED) is 0.441. The molecule has 2 aromatic carbocycles. The van der Waals surface area contributed by atoms with Gasteiger partial charge in [0.25, 0.3) is 0 Å². The number of anilines is 2. The Hall–Kier alpha value is -1.93. The number of thiophene rings is 1. The van der Waals surface area contributed by atoms with E-state index >= 15 is 0 Å². The number of rotatable bonds is 5. The van der Waals surface area contributed by atoms with Gasteiger partial charge in [0.15, 0.2) is 0 Å². The van der Waals surface area contributed by atoms with E-state index in [1.165, 1.54) is 15.6 Å². The first kappa shape index (κ1) is 18.8. The van der Waals surface area contributed by atoms with E-state index in [1.807, 2.05) is 19.1 Å². The summed E-state index contributed by atoms with van der Waals surface area (Å²) in [7, 11) is 0. The molecular weight excluding hydrogens is 394 g/mol. The van der Waals surface area contributed by atoms with Crippen LogP contribution in [-0.2, 0) is 16.0 Å². The van der Waals surface area contributed by atoms with E-state index < -0.39 is 17.2 Å². The maximum absolute atomic E-state index is 11.9. The second kappa shape index (κ2) is 7.75. The highest BCUT2D eigenvalue weighted by Gasteiger charge is 2.19. The number of fused-ring (bicyclic) bond motifs is 1. The minimum absolute atomic E-state index is 0.279. The van der Waals surface area contributed by atoms with Crippen molar-refractivity contribution in [1.29, 1.82) is 0 Å². The number of halogens is 1. The first-order chi connectivity index (χ1) is 12.4. The Kier molecular flexibility index (Phi) is 5.62. The summed E-state index contributed by atoms with van der Waals surface area (Å²) >= 11 is 4.90. The zero-order valence-electron chi connectivity index (χ0n) is 14.0. The van der Waals surface area contributed by atoms with Crippen LogP contribution in [0.2, 0.25) is 5.02 Å². The summed E-state index contributed by atoms with van der Waals surface area (Å²) in [5.74, 6) is -0.443. The van der Waals surface area contributed by atoms with Crippen molar-refractivity contribution in [3.63, 3.8) is 0 Å². The SMILES string of the molecule is CCOC(=O)c1ccc(N(c2sc3ccc(Cl)cc3c2C)S(=O)[O-])cc1. The Morgan fingerprint density at radius 3 is 2.58 bits per heavy atom. The Morgan fingerprint density at radius 1 is 1.27 bits per heavy atom. The second-order valence-electron chi connectivity index (χ2n) is 5.45. The fourth-order valence-electron chi connectivity index (χ4n) is 2.59. The van der Waals surface area contributed by atoms with E-state index in [4.69, 9.17) is 16.3 Å². The molecule has 26 heavy (non-hydrogen) atoms. The van der Waals surface area contributed by atoms with Crippen LogP contribution in [0.5, 0.6) is 0 Å². The maximum atomic E-state index is 11.9. The summed E-state index contributed by atoms with van der Waals surface area (Å²) in [4.78, 5) is 11.8. The highest BCUT2D eigenvalue weighted by molar-refractivity contribution is 7.81. The molecule has 136 valence electrons. The zero-order valence-corrected chi connectivity index (χ0v) is 16.4. The van der Waals surface area contributed by atoms with Gasteiger partial charge in [0.05, 0.1) is 29.1 Å². The van der Waals surface area contributed by atoms with Gasteiger partial charge in [-0.05, 0) is 67.3 Å². The standard InChI is InChI=1S/C18H16ClNO4S2/c1-3-24-18(21)12-4-7-14(8-5-12)20(26(22)23)17-11(2)15-10-13(19)6-9-16(15)25-17/h4-10H,3H2,1-2H3,(H,22,23)/p-1. The molecule has 0 N–H and O–H groups in total. The van der Waals surface area contributed by atoms with Crippen LogP contribution in [0.15, 0.2) is 42.5 Å². The number of carbonyl (C=O) groups excluding carboxylic acids is 1. The van der Waals surface area contributed by atoms with Crippen LogP contribution in [0.25, 0.3) is 10.1 Å². The average Bonchev–Trinajstić information content (AvgIpc) is 2.92. The van der Waals surface area contributed by atoms with Crippen LogP contribution in [0, 0.1) is 6.92 Å². The Balaban J connectivity index is 2.04. The van der Waals surface area contributed by atoms with Crippen LogP contribution in [0.1, 0.15) is 22.8 Å². The Morgan fingerprint density at radius 2 is 1.96 bits per heavy atom. The smallest absolute Gasteiger partial charge is 0.338 e. The number of hydrogen-bond donors (Lipinski definition) is 0. The molecule has 0 amide bonds. The van der Waals surface area contributed by atoms with Crippen molar-refractivity contribution in [1.82, 2.24) is 0 Å². The van der Waals surface area contributed by atoms with Crippen molar-refractivity contribution in [2.24, 2.45) is 0 Å². The van der Waals surface area contributed by atoms with Crippen LogP contribution < -0.4 is 4.31 Å². The third-order valence-corrected chi connectivity index (χ3v) is 6.12. The topological polar surface area (TPSA) is 69.7 Å². The van der Waals surface area contributed by atoms with Gasteiger partial charge in [-0.1, -0.05) is 11.6 Å².